The van der Waals surface area contributed by atoms with Crippen molar-refractivity contribution in [2.75, 3.05) is 19.6 Å². The minimum absolute atomic E-state index is 0. The Hall–Kier alpha value is 0.430. The van der Waals surface area contributed by atoms with Crippen LogP contribution in [0.5, 0.6) is 0 Å². The first-order valence-corrected chi connectivity index (χ1v) is 14.1. The maximum atomic E-state index is 10.7. The summed E-state index contributed by atoms with van der Waals surface area (Å²) < 4.78 is 0. The van der Waals surface area contributed by atoms with Crippen LogP contribution >= 0.6 is 0 Å². The van der Waals surface area contributed by atoms with Crippen LogP contribution in [0, 0.1) is 0 Å². The van der Waals surface area contributed by atoms with E-state index in [1.54, 1.807) is 0 Å². The molecule has 0 amide bonds. The van der Waals surface area contributed by atoms with Gasteiger partial charge in [-0.25, -0.2) is 0 Å². The van der Waals surface area contributed by atoms with Crippen molar-refractivity contribution in [3.63, 3.8) is 0 Å². The van der Waals surface area contributed by atoms with E-state index in [4.69, 9.17) is 0 Å². The summed E-state index contributed by atoms with van der Waals surface area (Å²) in [5.74, 6) is -0.905. The van der Waals surface area contributed by atoms with Gasteiger partial charge in [0.15, 0.2) is 0 Å². The summed E-state index contributed by atoms with van der Waals surface area (Å²) >= 11 is 0. The number of carbonyl (C=O) groups excluding carboxylic acids is 1. The summed E-state index contributed by atoms with van der Waals surface area (Å²) in [7, 11) is 0. The third-order valence-electron chi connectivity index (χ3n) is 6.51. The molecule has 3 nitrogen and oxygen atoms in total. The molecule has 186 valence electrons. The fourth-order valence-corrected chi connectivity index (χ4v) is 4.43. The fourth-order valence-electron chi connectivity index (χ4n) is 4.43. The Balaban J connectivity index is 0. The maximum Gasteiger partial charge on any atom is 1.00 e. The normalized spacial score (nSPS) is 11.1. The molecule has 0 unspecified atom stereocenters. The number of carboxylic acids is 1. The minimum atomic E-state index is -0.905. The van der Waals surface area contributed by atoms with E-state index in [2.05, 4.69) is 18.7 Å². The molecular weight excluding hydrogens is 405 g/mol. The smallest absolute Gasteiger partial charge is 0.550 e. The number of hydrogen-bond donors (Lipinski definition) is 0. The molecule has 0 aliphatic carbocycles. The summed E-state index contributed by atoms with van der Waals surface area (Å²) in [5.41, 5.74) is 0. The summed E-state index contributed by atoms with van der Waals surface area (Å²) in [6.45, 7) is 7.75. The number of rotatable bonds is 26. The molecule has 0 aliphatic heterocycles. The van der Waals surface area contributed by atoms with E-state index >= 15 is 0 Å². The number of carboxylic acid groups (broad SMARTS) is 1. The molecule has 0 saturated heterocycles. The van der Waals surface area contributed by atoms with E-state index in [9.17, 15) is 9.90 Å². The van der Waals surface area contributed by atoms with Gasteiger partial charge in [0.05, 0.1) is 0 Å². The van der Waals surface area contributed by atoms with Crippen LogP contribution in [0.25, 0.3) is 0 Å². The van der Waals surface area contributed by atoms with E-state index < -0.39 is 5.97 Å². The second-order valence-corrected chi connectivity index (χ2v) is 9.68. The van der Waals surface area contributed by atoms with Gasteiger partial charge in [0.25, 0.3) is 0 Å². The van der Waals surface area contributed by atoms with Crippen LogP contribution in [0.4, 0.5) is 0 Å². The Morgan fingerprint density at radius 2 is 0.781 bits per heavy atom. The van der Waals surface area contributed by atoms with Gasteiger partial charge in [-0.3, -0.25) is 0 Å². The second-order valence-electron chi connectivity index (χ2n) is 9.68. The van der Waals surface area contributed by atoms with Crippen LogP contribution in [-0.2, 0) is 4.79 Å². The average molecular weight is 462 g/mol. The van der Waals surface area contributed by atoms with Crippen LogP contribution in [0.15, 0.2) is 0 Å². The molecule has 0 rings (SSSR count). The average Bonchev–Trinajstić information content (AvgIpc) is 2.75. The molecular formula is C28H56NNaO2. The zero-order valence-electron chi connectivity index (χ0n) is 22.4. The van der Waals surface area contributed by atoms with Gasteiger partial charge in [0.1, 0.15) is 0 Å². The predicted octanol–water partition coefficient (Wildman–Crippen LogP) is 4.66. The number of unbranched alkanes of at least 4 members (excludes halogenated alkanes) is 18. The Morgan fingerprint density at radius 3 is 1.09 bits per heavy atom. The van der Waals surface area contributed by atoms with Gasteiger partial charge < -0.3 is 14.8 Å². The van der Waals surface area contributed by atoms with Crippen molar-refractivity contribution in [1.29, 1.82) is 0 Å². The van der Waals surface area contributed by atoms with Crippen LogP contribution in [-0.4, -0.2) is 30.5 Å². The third-order valence-corrected chi connectivity index (χ3v) is 6.51. The van der Waals surface area contributed by atoms with Crippen molar-refractivity contribution in [2.24, 2.45) is 0 Å². The zero-order chi connectivity index (χ0) is 22.8. The van der Waals surface area contributed by atoms with Gasteiger partial charge in [-0.05, 0) is 45.3 Å². The van der Waals surface area contributed by atoms with Gasteiger partial charge in [0, 0.05) is 5.97 Å². The Bertz CT molecular complexity index is 341. The van der Waals surface area contributed by atoms with Crippen molar-refractivity contribution >= 4 is 5.97 Å². The number of nitrogens with zero attached hydrogens (tertiary/aromatic N) is 1. The summed E-state index contributed by atoms with van der Waals surface area (Å²) in [6, 6.07) is 0. The zero-order valence-corrected chi connectivity index (χ0v) is 24.4. The van der Waals surface area contributed by atoms with Gasteiger partial charge >= 0.3 is 29.6 Å². The summed E-state index contributed by atoms with van der Waals surface area (Å²) in [5, 5.41) is 10.7. The molecule has 0 heterocycles. The Morgan fingerprint density at radius 1 is 0.500 bits per heavy atom. The van der Waals surface area contributed by atoms with Crippen molar-refractivity contribution in [3.8, 4) is 0 Å². The monoisotopic (exact) mass is 461 g/mol. The number of hydrogen-bond acceptors (Lipinski definition) is 3. The number of carbonyl (C=O) groups is 1. The molecule has 0 aliphatic rings. The van der Waals surface area contributed by atoms with E-state index in [1.165, 1.54) is 128 Å². The van der Waals surface area contributed by atoms with Crippen LogP contribution < -0.4 is 34.7 Å². The van der Waals surface area contributed by atoms with Crippen molar-refractivity contribution in [2.45, 2.75) is 155 Å². The quantitative estimate of drug-likeness (QED) is 0.139. The maximum absolute atomic E-state index is 10.7. The fraction of sp³-hybridized carbons (Fsp3) is 0.964. The predicted molar refractivity (Wildman–Crippen MR) is 134 cm³/mol. The summed E-state index contributed by atoms with van der Waals surface area (Å²) in [4.78, 5) is 13.3. The van der Waals surface area contributed by atoms with Crippen molar-refractivity contribution in [1.82, 2.24) is 4.90 Å². The van der Waals surface area contributed by atoms with Gasteiger partial charge in [-0.1, -0.05) is 129 Å². The molecule has 0 bridgehead atoms. The molecule has 32 heavy (non-hydrogen) atoms. The molecule has 0 aromatic carbocycles. The second kappa shape index (κ2) is 29.5. The molecule has 4 heteroatoms. The Labute approximate surface area is 224 Å². The van der Waals surface area contributed by atoms with Crippen LogP contribution in [0.2, 0.25) is 0 Å². The van der Waals surface area contributed by atoms with Crippen LogP contribution in [0.3, 0.4) is 0 Å². The Kier molecular flexibility index (Phi) is 31.9. The summed E-state index contributed by atoms with van der Waals surface area (Å²) in [6.07, 6.45) is 28.3. The third kappa shape index (κ3) is 28.5. The minimum Gasteiger partial charge on any atom is -0.550 e. The molecule has 0 N–H and O–H groups in total. The van der Waals surface area contributed by atoms with Crippen molar-refractivity contribution in [3.05, 3.63) is 0 Å². The first-order valence-electron chi connectivity index (χ1n) is 14.1. The van der Waals surface area contributed by atoms with Gasteiger partial charge in [-0.2, -0.15) is 0 Å². The topological polar surface area (TPSA) is 43.4 Å². The van der Waals surface area contributed by atoms with Crippen LogP contribution in [0.1, 0.15) is 155 Å². The largest absolute Gasteiger partial charge is 1.00 e. The van der Waals surface area contributed by atoms with Crippen molar-refractivity contribution < 1.29 is 39.5 Å². The van der Waals surface area contributed by atoms with E-state index in [0.29, 0.717) is 0 Å². The molecule has 0 spiro atoms. The van der Waals surface area contributed by atoms with Gasteiger partial charge in [0.2, 0.25) is 0 Å². The standard InChI is InChI=1S/C28H57NO2.Na/c1-3-5-7-9-11-13-15-17-19-21-25-29(27-23-24-28(30)31)26-22-20-18-16-14-12-10-8-6-4-2;/h3-27H2,1-2H3,(H,30,31);/q;+1/p-1. The molecule has 0 atom stereocenters. The first-order chi connectivity index (χ1) is 15.2. The molecule has 0 aromatic heterocycles. The SMILES string of the molecule is CCCCCCCCCCCCN(CCCCCCCCCCCC)CCCC(=O)[O-].[Na+]. The van der Waals surface area contributed by atoms with E-state index in [0.717, 1.165) is 26.1 Å². The van der Waals surface area contributed by atoms with E-state index in [1.807, 2.05) is 0 Å². The van der Waals surface area contributed by atoms with E-state index in [-0.39, 0.29) is 36.0 Å². The molecule has 0 fully saturated rings. The molecule has 0 saturated carbocycles. The number of aliphatic carboxylic acids is 1. The molecule has 0 aromatic rings. The first kappa shape index (κ1) is 34.6. The van der Waals surface area contributed by atoms with Gasteiger partial charge in [-0.15, -0.1) is 0 Å². The molecule has 0 radical (unpaired) electrons.